The molecule has 0 spiro atoms. The minimum Gasteiger partial charge on any atom is -0.872 e. The Bertz CT molecular complexity index is 378. The molecular weight excluding hydrogens is 297 g/mol. The van der Waals surface area contributed by atoms with E-state index in [0.29, 0.717) is 0 Å². The van der Waals surface area contributed by atoms with Gasteiger partial charge in [0.05, 0.1) is 0 Å². The largest absolute Gasteiger partial charge is 2.00 e. The molecule has 0 radical (unpaired) electrons. The second-order valence-electron chi connectivity index (χ2n) is 3.08. The van der Waals surface area contributed by atoms with E-state index < -0.39 is 0 Å². The molecule has 2 nitrogen and oxygen atoms in total. The summed E-state index contributed by atoms with van der Waals surface area (Å²) in [6.07, 6.45) is 0. The van der Waals surface area contributed by atoms with Crippen LogP contribution in [0.5, 0.6) is 11.5 Å². The fourth-order valence-electron chi connectivity index (χ4n) is 0.961. The molecule has 92 valence electrons. The average molecular weight is 309 g/mol. The van der Waals surface area contributed by atoms with E-state index in [1.165, 1.54) is 0 Å². The van der Waals surface area contributed by atoms with Crippen LogP contribution in [0.25, 0.3) is 0 Å². The zero-order chi connectivity index (χ0) is 12.0. The zero-order valence-corrected chi connectivity index (χ0v) is 12.2. The van der Waals surface area contributed by atoms with Gasteiger partial charge in [0, 0.05) is 0 Å². The monoisotopic (exact) mass is 308 g/mol. The SMILES string of the molecule is [Ni+2].[O-]c1ccccc1P.[O-]c1ccccc1P. The van der Waals surface area contributed by atoms with Crippen LogP contribution >= 0.6 is 18.5 Å². The quantitative estimate of drug-likeness (QED) is 0.526. The molecule has 2 unspecified atom stereocenters. The van der Waals surface area contributed by atoms with Gasteiger partial charge in [-0.1, -0.05) is 48.5 Å². The van der Waals surface area contributed by atoms with E-state index in [9.17, 15) is 10.2 Å². The number of para-hydroxylation sites is 2. The summed E-state index contributed by atoms with van der Waals surface area (Å²) in [5.74, 6) is 0.162. The van der Waals surface area contributed by atoms with E-state index in [4.69, 9.17) is 0 Å². The van der Waals surface area contributed by atoms with Crippen molar-refractivity contribution in [2.24, 2.45) is 0 Å². The van der Waals surface area contributed by atoms with Crippen LogP contribution in [0.4, 0.5) is 0 Å². The molecule has 2 rings (SSSR count). The van der Waals surface area contributed by atoms with Crippen molar-refractivity contribution in [1.82, 2.24) is 0 Å². The van der Waals surface area contributed by atoms with Crippen molar-refractivity contribution in [3.05, 3.63) is 48.5 Å². The topological polar surface area (TPSA) is 46.1 Å². The number of hydrogen-bond donors (Lipinski definition) is 0. The first-order chi connectivity index (χ1) is 7.61. The minimum absolute atomic E-state index is 0. The Hall–Kier alpha value is -0.606. The van der Waals surface area contributed by atoms with Crippen molar-refractivity contribution >= 4 is 29.1 Å². The predicted octanol–water partition coefficient (Wildman–Crippen LogP) is 0.519. The molecule has 0 aliphatic heterocycles. The van der Waals surface area contributed by atoms with E-state index in [0.717, 1.165) is 10.6 Å². The van der Waals surface area contributed by atoms with Crippen LogP contribution in [0.2, 0.25) is 0 Å². The summed E-state index contributed by atoms with van der Waals surface area (Å²) in [7, 11) is 4.75. The van der Waals surface area contributed by atoms with Crippen molar-refractivity contribution < 1.29 is 26.7 Å². The Morgan fingerprint density at radius 2 is 0.941 bits per heavy atom. The van der Waals surface area contributed by atoms with E-state index in [1.807, 2.05) is 12.1 Å². The molecule has 0 fully saturated rings. The minimum atomic E-state index is 0. The molecule has 0 aromatic heterocycles. The average Bonchev–Trinajstić information content (AvgIpc) is 2.28. The number of rotatable bonds is 0. The first kappa shape index (κ1) is 16.4. The summed E-state index contributed by atoms with van der Waals surface area (Å²) in [5, 5.41) is 22.7. The molecule has 0 saturated carbocycles. The normalized spacial score (nSPS) is 8.59. The van der Waals surface area contributed by atoms with Crippen LogP contribution in [-0.4, -0.2) is 0 Å². The summed E-state index contributed by atoms with van der Waals surface area (Å²) >= 11 is 0. The first-order valence-corrected chi connectivity index (χ1v) is 5.79. The second kappa shape index (κ2) is 8.48. The first-order valence-electron chi connectivity index (χ1n) is 4.64. The molecule has 0 N–H and O–H groups in total. The molecule has 17 heavy (non-hydrogen) atoms. The Labute approximate surface area is 116 Å². The summed E-state index contributed by atoms with van der Waals surface area (Å²) in [5.41, 5.74) is 0. The van der Waals surface area contributed by atoms with Crippen molar-refractivity contribution in [1.29, 1.82) is 0 Å². The van der Waals surface area contributed by atoms with Crippen molar-refractivity contribution in [2.75, 3.05) is 0 Å². The number of hydrogen-bond acceptors (Lipinski definition) is 2. The van der Waals surface area contributed by atoms with Gasteiger partial charge in [-0.05, 0) is 10.6 Å². The Kier molecular flexibility index (Phi) is 8.18. The van der Waals surface area contributed by atoms with Crippen LogP contribution in [0, 0.1) is 0 Å². The molecule has 2 aromatic carbocycles. The van der Waals surface area contributed by atoms with Gasteiger partial charge >= 0.3 is 16.5 Å². The zero-order valence-electron chi connectivity index (χ0n) is 8.91. The third kappa shape index (κ3) is 6.03. The van der Waals surface area contributed by atoms with Crippen LogP contribution in [-0.2, 0) is 16.5 Å². The van der Waals surface area contributed by atoms with Crippen molar-refractivity contribution in [2.45, 2.75) is 0 Å². The van der Waals surface area contributed by atoms with Gasteiger partial charge in [-0.15, -0.1) is 30.0 Å². The fourth-order valence-corrected chi connectivity index (χ4v) is 1.38. The maximum Gasteiger partial charge on any atom is 2.00 e. The molecule has 2 atom stereocenters. The molecular formula is C12H12NiO2P2. The molecule has 0 amide bonds. The molecule has 0 aliphatic carbocycles. The summed E-state index contributed by atoms with van der Waals surface area (Å²) in [6.45, 7) is 0. The van der Waals surface area contributed by atoms with Crippen molar-refractivity contribution in [3.8, 4) is 11.5 Å². The smallest absolute Gasteiger partial charge is 0.872 e. The maximum absolute atomic E-state index is 10.6. The van der Waals surface area contributed by atoms with Gasteiger partial charge in [0.15, 0.2) is 0 Å². The third-order valence-corrected chi connectivity index (χ3v) is 2.79. The number of benzene rings is 2. The maximum atomic E-state index is 10.6. The molecule has 0 heterocycles. The molecule has 5 heteroatoms. The summed E-state index contributed by atoms with van der Waals surface area (Å²) < 4.78 is 0. The van der Waals surface area contributed by atoms with Crippen LogP contribution in [0.3, 0.4) is 0 Å². The molecule has 0 saturated heterocycles. The van der Waals surface area contributed by atoms with Crippen LogP contribution in [0.1, 0.15) is 0 Å². The summed E-state index contributed by atoms with van der Waals surface area (Å²) in [6, 6.07) is 13.8. The third-order valence-electron chi connectivity index (χ3n) is 1.84. The molecule has 0 aliphatic rings. The van der Waals surface area contributed by atoms with E-state index >= 15 is 0 Å². The van der Waals surface area contributed by atoms with E-state index in [2.05, 4.69) is 18.5 Å². The van der Waals surface area contributed by atoms with Gasteiger partial charge in [-0.25, -0.2) is 0 Å². The predicted molar refractivity (Wildman–Crippen MR) is 70.5 cm³/mol. The van der Waals surface area contributed by atoms with Gasteiger partial charge in [-0.3, -0.25) is 0 Å². The standard InChI is InChI=1S/2C6H7OP.Ni/c2*7-5-3-1-2-4-6(5)8;/h2*1-4,7H,8H2;/q;;+2/p-2. The van der Waals surface area contributed by atoms with E-state index in [1.54, 1.807) is 36.4 Å². The summed E-state index contributed by atoms with van der Waals surface area (Å²) in [4.78, 5) is 0. The van der Waals surface area contributed by atoms with Gasteiger partial charge in [0.25, 0.3) is 0 Å². The van der Waals surface area contributed by atoms with Gasteiger partial charge in [0.1, 0.15) is 0 Å². The van der Waals surface area contributed by atoms with Gasteiger partial charge in [-0.2, -0.15) is 0 Å². The molecule has 0 bridgehead atoms. The Morgan fingerprint density at radius 3 is 1.12 bits per heavy atom. The van der Waals surface area contributed by atoms with Crippen LogP contribution < -0.4 is 20.8 Å². The van der Waals surface area contributed by atoms with Crippen LogP contribution in [0.15, 0.2) is 48.5 Å². The van der Waals surface area contributed by atoms with Gasteiger partial charge < -0.3 is 10.2 Å². The molecule has 2 aromatic rings. The Balaban J connectivity index is 0.000000284. The fraction of sp³-hybridized carbons (Fsp3) is 0. The Morgan fingerprint density at radius 1 is 0.647 bits per heavy atom. The van der Waals surface area contributed by atoms with E-state index in [-0.39, 0.29) is 28.0 Å². The van der Waals surface area contributed by atoms with Crippen molar-refractivity contribution in [3.63, 3.8) is 0 Å². The van der Waals surface area contributed by atoms with Gasteiger partial charge in [0.2, 0.25) is 0 Å². The second-order valence-corrected chi connectivity index (χ2v) is 4.32.